The lowest BCUT2D eigenvalue weighted by atomic mass is 9.82. The molecule has 0 spiro atoms. The van der Waals surface area contributed by atoms with Crippen LogP contribution in [0.3, 0.4) is 0 Å². The second-order valence-electron chi connectivity index (χ2n) is 4.96. The highest BCUT2D eigenvalue weighted by molar-refractivity contribution is 5.96. The summed E-state index contributed by atoms with van der Waals surface area (Å²) in [5, 5.41) is 11.6. The second kappa shape index (κ2) is 4.92. The Morgan fingerprint density at radius 3 is 2.38 bits per heavy atom. The molecule has 2 aliphatic heterocycles. The smallest absolute Gasteiger partial charge is 0.310 e. The summed E-state index contributed by atoms with van der Waals surface area (Å²) in [6.45, 7) is 0. The number of carbonyl (C=O) groups excluding carboxylic acids is 1. The molecule has 0 radical (unpaired) electrons. The SMILES string of the molecule is O=C(O)[C@@H]1[C@H](C(=O)Nc2ccc(F)c(F)c2)[C@H]2C=C[C@@H]1O2. The Bertz CT molecular complexity index is 646. The molecule has 0 aliphatic carbocycles. The average Bonchev–Trinajstić information content (AvgIpc) is 3.03. The molecule has 1 saturated heterocycles. The van der Waals surface area contributed by atoms with Crippen molar-refractivity contribution in [1.82, 2.24) is 0 Å². The third-order valence-corrected chi connectivity index (χ3v) is 3.67. The quantitative estimate of drug-likeness (QED) is 0.830. The lowest BCUT2D eigenvalue weighted by molar-refractivity contribution is -0.145. The zero-order valence-electron chi connectivity index (χ0n) is 10.6. The molecule has 4 atom stereocenters. The third-order valence-electron chi connectivity index (χ3n) is 3.67. The van der Waals surface area contributed by atoms with Crippen LogP contribution in [0.4, 0.5) is 14.5 Å². The van der Waals surface area contributed by atoms with E-state index in [1.54, 1.807) is 12.2 Å². The number of halogens is 2. The van der Waals surface area contributed by atoms with Gasteiger partial charge in [0.15, 0.2) is 11.6 Å². The Balaban J connectivity index is 1.80. The molecule has 2 aliphatic rings. The van der Waals surface area contributed by atoms with Gasteiger partial charge in [-0.3, -0.25) is 9.59 Å². The Morgan fingerprint density at radius 2 is 1.76 bits per heavy atom. The highest BCUT2D eigenvalue weighted by atomic mass is 19.2. The number of aliphatic carboxylic acids is 1. The average molecular weight is 295 g/mol. The van der Waals surface area contributed by atoms with Crippen molar-refractivity contribution in [3.05, 3.63) is 42.0 Å². The van der Waals surface area contributed by atoms with Crippen LogP contribution in [-0.4, -0.2) is 29.2 Å². The summed E-state index contributed by atoms with van der Waals surface area (Å²) in [4.78, 5) is 23.5. The third kappa shape index (κ3) is 2.29. The van der Waals surface area contributed by atoms with Crippen molar-refractivity contribution in [2.75, 3.05) is 5.32 Å². The summed E-state index contributed by atoms with van der Waals surface area (Å²) < 4.78 is 31.3. The summed E-state index contributed by atoms with van der Waals surface area (Å²) in [7, 11) is 0. The van der Waals surface area contributed by atoms with E-state index < -0.39 is 47.6 Å². The highest BCUT2D eigenvalue weighted by Gasteiger charge is 2.53. The fraction of sp³-hybridized carbons (Fsp3) is 0.286. The summed E-state index contributed by atoms with van der Waals surface area (Å²) in [6.07, 6.45) is 2.01. The van der Waals surface area contributed by atoms with Crippen LogP contribution < -0.4 is 5.32 Å². The van der Waals surface area contributed by atoms with E-state index in [2.05, 4.69) is 5.32 Å². The van der Waals surface area contributed by atoms with Crippen LogP contribution in [0.2, 0.25) is 0 Å². The van der Waals surface area contributed by atoms with Crippen molar-refractivity contribution in [3.63, 3.8) is 0 Å². The number of carbonyl (C=O) groups is 2. The number of ether oxygens (including phenoxy) is 1. The molecule has 0 aromatic heterocycles. The van der Waals surface area contributed by atoms with E-state index >= 15 is 0 Å². The van der Waals surface area contributed by atoms with E-state index in [9.17, 15) is 23.5 Å². The summed E-state index contributed by atoms with van der Waals surface area (Å²) >= 11 is 0. The van der Waals surface area contributed by atoms with Crippen LogP contribution in [0.1, 0.15) is 0 Å². The first-order valence-corrected chi connectivity index (χ1v) is 6.30. The number of anilines is 1. The standard InChI is InChI=1S/C14H11F2NO4/c15-7-2-1-6(5-8(7)16)17-13(18)11-9-3-4-10(21-9)12(11)14(19)20/h1-5,9-12H,(H,17,18)(H,19,20)/t9-,10+,11-,12+/m1/s1. The molecule has 1 aromatic carbocycles. The molecule has 2 heterocycles. The van der Waals surface area contributed by atoms with Gasteiger partial charge in [0, 0.05) is 11.8 Å². The van der Waals surface area contributed by atoms with E-state index in [1.807, 2.05) is 0 Å². The first-order valence-electron chi connectivity index (χ1n) is 6.30. The fourth-order valence-electron chi connectivity index (χ4n) is 2.71. The molecular formula is C14H11F2NO4. The number of fused-ring (bicyclic) bond motifs is 2. The van der Waals surface area contributed by atoms with Crippen molar-refractivity contribution in [2.45, 2.75) is 12.2 Å². The lowest BCUT2D eigenvalue weighted by Crippen LogP contribution is -2.39. The molecule has 1 aromatic rings. The number of hydrogen-bond acceptors (Lipinski definition) is 3. The van der Waals surface area contributed by atoms with Gasteiger partial charge in [0.2, 0.25) is 5.91 Å². The molecule has 7 heteroatoms. The predicted molar refractivity (Wildman–Crippen MR) is 67.4 cm³/mol. The van der Waals surface area contributed by atoms with Gasteiger partial charge in [0.05, 0.1) is 18.1 Å². The minimum Gasteiger partial charge on any atom is -0.481 e. The lowest BCUT2D eigenvalue weighted by Gasteiger charge is -2.21. The van der Waals surface area contributed by atoms with E-state index in [4.69, 9.17) is 4.74 Å². The summed E-state index contributed by atoms with van der Waals surface area (Å²) in [5.74, 6) is -5.72. The van der Waals surface area contributed by atoms with Gasteiger partial charge in [0.1, 0.15) is 5.92 Å². The Labute approximate surface area is 118 Å². The van der Waals surface area contributed by atoms with Gasteiger partial charge in [-0.2, -0.15) is 0 Å². The molecule has 2 bridgehead atoms. The number of rotatable bonds is 3. The van der Waals surface area contributed by atoms with Gasteiger partial charge >= 0.3 is 5.97 Å². The van der Waals surface area contributed by atoms with Crippen molar-refractivity contribution in [3.8, 4) is 0 Å². The van der Waals surface area contributed by atoms with Crippen LogP contribution in [0.15, 0.2) is 30.4 Å². The number of benzene rings is 1. The van der Waals surface area contributed by atoms with Crippen LogP contribution in [0.5, 0.6) is 0 Å². The zero-order chi connectivity index (χ0) is 15.1. The molecule has 0 saturated carbocycles. The van der Waals surface area contributed by atoms with Gasteiger partial charge in [0.25, 0.3) is 0 Å². The van der Waals surface area contributed by atoms with Crippen molar-refractivity contribution < 1.29 is 28.2 Å². The van der Waals surface area contributed by atoms with Gasteiger partial charge in [-0.05, 0) is 12.1 Å². The number of amides is 1. The molecule has 1 fully saturated rings. The van der Waals surface area contributed by atoms with Crippen LogP contribution in [0, 0.1) is 23.5 Å². The fourth-order valence-corrected chi connectivity index (χ4v) is 2.71. The van der Waals surface area contributed by atoms with Crippen LogP contribution in [0.25, 0.3) is 0 Å². The maximum absolute atomic E-state index is 13.1. The maximum atomic E-state index is 13.1. The normalized spacial score (nSPS) is 29.6. The van der Waals surface area contributed by atoms with Crippen LogP contribution >= 0.6 is 0 Å². The van der Waals surface area contributed by atoms with Gasteiger partial charge in [-0.1, -0.05) is 12.2 Å². The maximum Gasteiger partial charge on any atom is 0.310 e. The number of hydrogen-bond donors (Lipinski definition) is 2. The molecule has 21 heavy (non-hydrogen) atoms. The van der Waals surface area contributed by atoms with Crippen molar-refractivity contribution in [1.29, 1.82) is 0 Å². The Hall–Kier alpha value is -2.28. The highest BCUT2D eigenvalue weighted by Crippen LogP contribution is 2.39. The first kappa shape index (κ1) is 13.7. The van der Waals surface area contributed by atoms with Gasteiger partial charge in [-0.15, -0.1) is 0 Å². The number of nitrogens with one attached hydrogen (secondary N) is 1. The van der Waals surface area contributed by atoms with Crippen molar-refractivity contribution in [2.24, 2.45) is 11.8 Å². The Morgan fingerprint density at radius 1 is 1.10 bits per heavy atom. The number of carboxylic acid groups (broad SMARTS) is 1. The van der Waals surface area contributed by atoms with Gasteiger partial charge in [-0.25, -0.2) is 8.78 Å². The van der Waals surface area contributed by atoms with E-state index in [1.165, 1.54) is 6.07 Å². The summed E-state index contributed by atoms with van der Waals surface area (Å²) in [6, 6.07) is 2.93. The minimum absolute atomic E-state index is 0.0646. The second-order valence-corrected chi connectivity index (χ2v) is 4.96. The molecule has 1 amide bonds. The predicted octanol–water partition coefficient (Wildman–Crippen LogP) is 1.56. The Kier molecular flexibility index (Phi) is 3.21. The molecular weight excluding hydrogens is 284 g/mol. The zero-order valence-corrected chi connectivity index (χ0v) is 10.6. The first-order chi connectivity index (χ1) is 9.97. The van der Waals surface area contributed by atoms with Crippen molar-refractivity contribution >= 4 is 17.6 Å². The molecule has 110 valence electrons. The summed E-state index contributed by atoms with van der Waals surface area (Å²) in [5.41, 5.74) is 0.0646. The van der Waals surface area contributed by atoms with E-state index in [-0.39, 0.29) is 5.69 Å². The van der Waals surface area contributed by atoms with E-state index in [0.29, 0.717) is 0 Å². The molecule has 3 rings (SSSR count). The monoisotopic (exact) mass is 295 g/mol. The molecule has 0 unspecified atom stereocenters. The van der Waals surface area contributed by atoms with Crippen LogP contribution in [-0.2, 0) is 14.3 Å². The number of carboxylic acids is 1. The molecule has 5 nitrogen and oxygen atoms in total. The largest absolute Gasteiger partial charge is 0.481 e. The molecule has 2 N–H and O–H groups in total. The topological polar surface area (TPSA) is 75.6 Å². The minimum atomic E-state index is -1.13. The van der Waals surface area contributed by atoms with Gasteiger partial charge < -0.3 is 15.2 Å². The van der Waals surface area contributed by atoms with E-state index in [0.717, 1.165) is 12.1 Å².